The number of halogens is 1. The Morgan fingerprint density at radius 1 is 1.57 bits per heavy atom. The fourth-order valence-corrected chi connectivity index (χ4v) is 1.26. The monoisotopic (exact) mass is 210 g/mol. The maximum atomic E-state index is 10.7. The molecule has 0 N–H and O–H groups in total. The van der Waals surface area contributed by atoms with Crippen molar-refractivity contribution in [2.75, 3.05) is 0 Å². The van der Waals surface area contributed by atoms with Crippen molar-refractivity contribution in [1.82, 2.24) is 0 Å². The Bertz CT molecular complexity index is 327. The van der Waals surface area contributed by atoms with Gasteiger partial charge in [0.1, 0.15) is 5.75 Å². The number of carbonyl (C=O) groups excluding carboxylic acids is 1. The van der Waals surface area contributed by atoms with Crippen LogP contribution in [0.5, 0.6) is 5.75 Å². The molecule has 1 rings (SSSR count). The Kier molecular flexibility index (Phi) is 3.72. The lowest BCUT2D eigenvalue weighted by atomic mass is 10.1. The number of hydrogen-bond donors (Lipinski definition) is 0. The molecule has 0 aliphatic heterocycles. The minimum Gasteiger partial charge on any atom is -0.427 e. The number of allylic oxidation sites excluding steroid dienone is 1. The lowest BCUT2D eigenvalue weighted by Gasteiger charge is -2.03. The SMILES string of the molecule is C=C(Cl)Cc1cccc(OC(C)=O)c1. The molecule has 0 radical (unpaired) electrons. The summed E-state index contributed by atoms with van der Waals surface area (Å²) in [6.07, 6.45) is 0.580. The molecule has 0 bridgehead atoms. The van der Waals surface area contributed by atoms with Gasteiger partial charge in [0.25, 0.3) is 0 Å². The summed E-state index contributed by atoms with van der Waals surface area (Å²) >= 11 is 5.67. The largest absolute Gasteiger partial charge is 0.427 e. The van der Waals surface area contributed by atoms with Crippen molar-refractivity contribution in [1.29, 1.82) is 0 Å². The van der Waals surface area contributed by atoms with Gasteiger partial charge in [-0.3, -0.25) is 4.79 Å². The quantitative estimate of drug-likeness (QED) is 0.567. The van der Waals surface area contributed by atoms with E-state index >= 15 is 0 Å². The van der Waals surface area contributed by atoms with E-state index in [0.29, 0.717) is 17.2 Å². The van der Waals surface area contributed by atoms with Gasteiger partial charge in [-0.25, -0.2) is 0 Å². The molecule has 0 aromatic heterocycles. The van der Waals surface area contributed by atoms with E-state index < -0.39 is 0 Å². The lowest BCUT2D eigenvalue weighted by molar-refractivity contribution is -0.131. The summed E-state index contributed by atoms with van der Waals surface area (Å²) in [6.45, 7) is 4.97. The molecule has 0 saturated heterocycles. The first kappa shape index (κ1) is 10.8. The van der Waals surface area contributed by atoms with Gasteiger partial charge in [-0.05, 0) is 17.7 Å². The number of ether oxygens (including phenoxy) is 1. The number of hydrogen-bond acceptors (Lipinski definition) is 2. The highest BCUT2D eigenvalue weighted by Crippen LogP contribution is 2.16. The second-order valence-corrected chi connectivity index (χ2v) is 3.47. The summed E-state index contributed by atoms with van der Waals surface area (Å²) in [6, 6.07) is 7.21. The maximum absolute atomic E-state index is 10.7. The van der Waals surface area contributed by atoms with Crippen molar-refractivity contribution in [2.45, 2.75) is 13.3 Å². The van der Waals surface area contributed by atoms with Gasteiger partial charge >= 0.3 is 5.97 Å². The molecule has 0 amide bonds. The average Bonchev–Trinajstić information content (AvgIpc) is 2.01. The van der Waals surface area contributed by atoms with Crippen molar-refractivity contribution in [2.24, 2.45) is 0 Å². The maximum Gasteiger partial charge on any atom is 0.308 e. The molecular formula is C11H11ClO2. The minimum atomic E-state index is -0.327. The molecule has 0 atom stereocenters. The molecule has 0 heterocycles. The van der Waals surface area contributed by atoms with Gasteiger partial charge in [-0.2, -0.15) is 0 Å². The van der Waals surface area contributed by atoms with E-state index in [1.54, 1.807) is 12.1 Å². The summed E-state index contributed by atoms with van der Waals surface area (Å²) < 4.78 is 4.92. The minimum absolute atomic E-state index is 0.327. The van der Waals surface area contributed by atoms with Crippen molar-refractivity contribution in [3.05, 3.63) is 41.4 Å². The van der Waals surface area contributed by atoms with Gasteiger partial charge in [-0.1, -0.05) is 30.3 Å². The van der Waals surface area contributed by atoms with Gasteiger partial charge in [-0.15, -0.1) is 0 Å². The molecule has 2 nitrogen and oxygen atoms in total. The second kappa shape index (κ2) is 4.82. The third-order valence-corrected chi connectivity index (χ3v) is 1.69. The zero-order chi connectivity index (χ0) is 10.6. The van der Waals surface area contributed by atoms with Gasteiger partial charge in [0.15, 0.2) is 0 Å². The first-order valence-electron chi connectivity index (χ1n) is 4.18. The van der Waals surface area contributed by atoms with Gasteiger partial charge in [0.05, 0.1) is 0 Å². The van der Waals surface area contributed by atoms with Crippen LogP contribution in [-0.2, 0) is 11.2 Å². The van der Waals surface area contributed by atoms with Gasteiger partial charge in [0, 0.05) is 18.4 Å². The van der Waals surface area contributed by atoms with Crippen LogP contribution in [-0.4, -0.2) is 5.97 Å². The van der Waals surface area contributed by atoms with Crippen LogP contribution in [0.2, 0.25) is 0 Å². The predicted molar refractivity (Wildman–Crippen MR) is 56.4 cm³/mol. The molecule has 0 aliphatic rings. The summed E-state index contributed by atoms with van der Waals surface area (Å²) in [7, 11) is 0. The summed E-state index contributed by atoms with van der Waals surface area (Å²) in [5, 5.41) is 0.560. The van der Waals surface area contributed by atoms with Crippen LogP contribution in [0.3, 0.4) is 0 Å². The summed E-state index contributed by atoms with van der Waals surface area (Å²) in [4.78, 5) is 10.7. The summed E-state index contributed by atoms with van der Waals surface area (Å²) in [5.74, 6) is 0.208. The van der Waals surface area contributed by atoms with Crippen molar-refractivity contribution < 1.29 is 9.53 Å². The Morgan fingerprint density at radius 2 is 2.29 bits per heavy atom. The predicted octanol–water partition coefficient (Wildman–Crippen LogP) is 2.91. The average molecular weight is 211 g/mol. The van der Waals surface area contributed by atoms with Crippen LogP contribution in [0.1, 0.15) is 12.5 Å². The zero-order valence-corrected chi connectivity index (χ0v) is 8.67. The normalized spacial score (nSPS) is 9.57. The van der Waals surface area contributed by atoms with Crippen LogP contribution >= 0.6 is 11.6 Å². The lowest BCUT2D eigenvalue weighted by Crippen LogP contribution is -2.01. The fraction of sp³-hybridized carbons (Fsp3) is 0.182. The Hall–Kier alpha value is -1.28. The van der Waals surface area contributed by atoms with E-state index in [-0.39, 0.29) is 5.97 Å². The smallest absolute Gasteiger partial charge is 0.308 e. The molecule has 3 heteroatoms. The highest BCUT2D eigenvalue weighted by atomic mass is 35.5. The standard InChI is InChI=1S/C11H11ClO2/c1-8(12)6-10-4-3-5-11(7-10)14-9(2)13/h3-5,7H,1,6H2,2H3. The summed E-state index contributed by atoms with van der Waals surface area (Å²) in [5.41, 5.74) is 0.976. The van der Waals surface area contributed by atoms with Crippen LogP contribution in [0, 0.1) is 0 Å². The highest BCUT2D eigenvalue weighted by Gasteiger charge is 2.00. The van der Waals surface area contributed by atoms with Crippen LogP contribution in [0.25, 0.3) is 0 Å². The van der Waals surface area contributed by atoms with Gasteiger partial charge < -0.3 is 4.74 Å². The highest BCUT2D eigenvalue weighted by molar-refractivity contribution is 6.29. The molecule has 0 spiro atoms. The topological polar surface area (TPSA) is 26.3 Å². The third kappa shape index (κ3) is 3.62. The number of esters is 1. The van der Waals surface area contributed by atoms with E-state index in [0.717, 1.165) is 5.56 Å². The van der Waals surface area contributed by atoms with Crippen molar-refractivity contribution in [3.8, 4) is 5.75 Å². The molecule has 0 aliphatic carbocycles. The van der Waals surface area contributed by atoms with E-state index in [2.05, 4.69) is 6.58 Å². The van der Waals surface area contributed by atoms with Crippen molar-refractivity contribution >= 4 is 17.6 Å². The Balaban J connectivity index is 2.78. The first-order valence-corrected chi connectivity index (χ1v) is 4.56. The van der Waals surface area contributed by atoms with E-state index in [1.807, 2.05) is 12.1 Å². The van der Waals surface area contributed by atoms with E-state index in [4.69, 9.17) is 16.3 Å². The van der Waals surface area contributed by atoms with Crippen LogP contribution in [0.15, 0.2) is 35.9 Å². The fourth-order valence-electron chi connectivity index (χ4n) is 1.11. The van der Waals surface area contributed by atoms with Crippen LogP contribution < -0.4 is 4.74 Å². The number of rotatable bonds is 3. The molecule has 0 saturated carbocycles. The van der Waals surface area contributed by atoms with Gasteiger partial charge in [0.2, 0.25) is 0 Å². The second-order valence-electron chi connectivity index (χ2n) is 2.94. The number of benzene rings is 1. The van der Waals surface area contributed by atoms with Crippen LogP contribution in [0.4, 0.5) is 0 Å². The molecule has 14 heavy (non-hydrogen) atoms. The zero-order valence-electron chi connectivity index (χ0n) is 7.92. The molecular weight excluding hydrogens is 200 g/mol. The molecule has 0 fully saturated rings. The number of carbonyl (C=O) groups is 1. The molecule has 1 aromatic carbocycles. The third-order valence-electron chi connectivity index (χ3n) is 1.56. The molecule has 74 valence electrons. The Morgan fingerprint density at radius 3 is 2.86 bits per heavy atom. The van der Waals surface area contributed by atoms with E-state index in [9.17, 15) is 4.79 Å². The first-order chi connectivity index (χ1) is 6.58. The molecule has 1 aromatic rings. The van der Waals surface area contributed by atoms with E-state index in [1.165, 1.54) is 6.92 Å². The Labute approximate surface area is 88.1 Å². The molecule has 0 unspecified atom stereocenters. The van der Waals surface area contributed by atoms with Crippen molar-refractivity contribution in [3.63, 3.8) is 0 Å².